The molecule has 1 saturated heterocycles. The smallest absolute Gasteiger partial charge is 0.220 e. The molecule has 3 heteroatoms. The zero-order valence-electron chi connectivity index (χ0n) is 10.3. The molecule has 0 radical (unpaired) electrons. The zero-order valence-corrected chi connectivity index (χ0v) is 10.3. The van der Waals surface area contributed by atoms with Gasteiger partial charge in [-0.05, 0) is 31.9 Å². The van der Waals surface area contributed by atoms with Crippen molar-refractivity contribution < 1.29 is 4.79 Å². The molecule has 0 aromatic heterocycles. The van der Waals surface area contributed by atoms with Gasteiger partial charge in [-0.3, -0.25) is 4.79 Å². The quantitative estimate of drug-likeness (QED) is 0.824. The Kier molecular flexibility index (Phi) is 4.15. The molecule has 1 amide bonds. The molecule has 1 atom stereocenters. The van der Waals surface area contributed by atoms with Crippen molar-refractivity contribution in [1.82, 2.24) is 10.6 Å². The Morgan fingerprint density at radius 1 is 1.41 bits per heavy atom. The Morgan fingerprint density at radius 3 is 2.82 bits per heavy atom. The molecule has 3 nitrogen and oxygen atoms in total. The third-order valence-corrected chi connectivity index (χ3v) is 3.19. The van der Waals surface area contributed by atoms with E-state index in [9.17, 15) is 4.79 Å². The number of benzene rings is 1. The van der Waals surface area contributed by atoms with Gasteiger partial charge in [0.15, 0.2) is 0 Å². The van der Waals surface area contributed by atoms with Crippen molar-refractivity contribution in [2.75, 3.05) is 13.1 Å². The van der Waals surface area contributed by atoms with Crippen LogP contribution >= 0.6 is 0 Å². The number of aryl methyl sites for hydroxylation is 2. The van der Waals surface area contributed by atoms with E-state index >= 15 is 0 Å². The molecule has 1 aromatic rings. The first-order chi connectivity index (χ1) is 8.24. The van der Waals surface area contributed by atoms with Crippen molar-refractivity contribution in [2.24, 2.45) is 0 Å². The molecule has 1 heterocycles. The second-order valence-corrected chi connectivity index (χ2v) is 4.74. The van der Waals surface area contributed by atoms with Crippen LogP contribution < -0.4 is 10.6 Å². The largest absolute Gasteiger partial charge is 0.352 e. The fourth-order valence-corrected chi connectivity index (χ4v) is 2.09. The summed E-state index contributed by atoms with van der Waals surface area (Å²) in [7, 11) is 0. The molecule has 1 aliphatic heterocycles. The number of hydrogen-bond acceptors (Lipinski definition) is 2. The molecule has 1 aromatic carbocycles. The van der Waals surface area contributed by atoms with Gasteiger partial charge in [0.2, 0.25) is 5.91 Å². The van der Waals surface area contributed by atoms with Gasteiger partial charge in [0.25, 0.3) is 0 Å². The normalized spacial score (nSPS) is 19.2. The lowest BCUT2D eigenvalue weighted by molar-refractivity contribution is -0.121. The van der Waals surface area contributed by atoms with Gasteiger partial charge in [-0.25, -0.2) is 0 Å². The lowest BCUT2D eigenvalue weighted by Crippen LogP contribution is -2.36. The van der Waals surface area contributed by atoms with Gasteiger partial charge in [0.1, 0.15) is 0 Å². The summed E-state index contributed by atoms with van der Waals surface area (Å²) in [4.78, 5) is 11.7. The number of amides is 1. The van der Waals surface area contributed by atoms with E-state index in [0.29, 0.717) is 12.5 Å². The minimum atomic E-state index is 0.166. The average molecular weight is 232 g/mol. The molecule has 1 fully saturated rings. The molecule has 17 heavy (non-hydrogen) atoms. The monoisotopic (exact) mass is 232 g/mol. The molecule has 92 valence electrons. The Labute approximate surface area is 103 Å². The van der Waals surface area contributed by atoms with Gasteiger partial charge >= 0.3 is 0 Å². The SMILES string of the molecule is Cc1ccc(CCC(=O)N[C@H]2CCNC2)cc1. The first-order valence-corrected chi connectivity index (χ1v) is 6.29. The van der Waals surface area contributed by atoms with Crippen LogP contribution in [0.1, 0.15) is 24.0 Å². The van der Waals surface area contributed by atoms with Crippen molar-refractivity contribution >= 4 is 5.91 Å². The number of nitrogens with one attached hydrogen (secondary N) is 2. The Balaban J connectivity index is 1.73. The van der Waals surface area contributed by atoms with E-state index in [-0.39, 0.29) is 5.91 Å². The van der Waals surface area contributed by atoms with Crippen LogP contribution in [0.4, 0.5) is 0 Å². The topological polar surface area (TPSA) is 41.1 Å². The van der Waals surface area contributed by atoms with E-state index in [2.05, 4.69) is 41.8 Å². The van der Waals surface area contributed by atoms with Gasteiger partial charge in [0, 0.05) is 19.0 Å². The van der Waals surface area contributed by atoms with Gasteiger partial charge in [0.05, 0.1) is 0 Å². The molecule has 2 N–H and O–H groups in total. The molecule has 0 bridgehead atoms. The summed E-state index contributed by atoms with van der Waals surface area (Å²) >= 11 is 0. The van der Waals surface area contributed by atoms with Crippen LogP contribution in [0.2, 0.25) is 0 Å². The lowest BCUT2D eigenvalue weighted by Gasteiger charge is -2.11. The number of rotatable bonds is 4. The first-order valence-electron chi connectivity index (χ1n) is 6.29. The van der Waals surface area contributed by atoms with Gasteiger partial charge in [-0.2, -0.15) is 0 Å². The van der Waals surface area contributed by atoms with E-state index in [1.807, 2.05) is 0 Å². The summed E-state index contributed by atoms with van der Waals surface area (Å²) in [6, 6.07) is 8.71. The highest BCUT2D eigenvalue weighted by molar-refractivity contribution is 5.76. The Morgan fingerprint density at radius 2 is 2.18 bits per heavy atom. The summed E-state index contributed by atoms with van der Waals surface area (Å²) in [6.45, 7) is 4.00. The molecule has 0 unspecified atom stereocenters. The second kappa shape index (κ2) is 5.82. The molecule has 0 spiro atoms. The maximum Gasteiger partial charge on any atom is 0.220 e. The summed E-state index contributed by atoms with van der Waals surface area (Å²) in [5.74, 6) is 0.166. The standard InChI is InChI=1S/C14H20N2O/c1-11-2-4-12(5-3-11)6-7-14(17)16-13-8-9-15-10-13/h2-5,13,15H,6-10H2,1H3,(H,16,17)/t13-/m0/s1. The highest BCUT2D eigenvalue weighted by Crippen LogP contribution is 2.06. The third kappa shape index (κ3) is 3.86. The maximum absolute atomic E-state index is 11.7. The molecule has 0 aliphatic carbocycles. The molecule has 2 rings (SSSR count). The lowest BCUT2D eigenvalue weighted by atomic mass is 10.1. The van der Waals surface area contributed by atoms with Gasteiger partial charge < -0.3 is 10.6 Å². The van der Waals surface area contributed by atoms with Gasteiger partial charge in [-0.15, -0.1) is 0 Å². The van der Waals surface area contributed by atoms with Crippen LogP contribution in [0.25, 0.3) is 0 Å². The van der Waals surface area contributed by atoms with Gasteiger partial charge in [-0.1, -0.05) is 29.8 Å². The predicted octanol–water partition coefficient (Wildman–Crippen LogP) is 1.41. The maximum atomic E-state index is 11.7. The Bertz CT molecular complexity index is 366. The van der Waals surface area contributed by atoms with Crippen molar-refractivity contribution in [3.05, 3.63) is 35.4 Å². The van der Waals surface area contributed by atoms with E-state index < -0.39 is 0 Å². The first kappa shape index (κ1) is 12.1. The van der Waals surface area contributed by atoms with E-state index in [1.54, 1.807) is 0 Å². The third-order valence-electron chi connectivity index (χ3n) is 3.19. The van der Waals surface area contributed by atoms with Crippen LogP contribution in [0.15, 0.2) is 24.3 Å². The molecule has 0 saturated carbocycles. The van der Waals surface area contributed by atoms with Crippen molar-refractivity contribution in [3.8, 4) is 0 Å². The Hall–Kier alpha value is -1.35. The fourth-order valence-electron chi connectivity index (χ4n) is 2.09. The van der Waals surface area contributed by atoms with E-state index in [1.165, 1.54) is 11.1 Å². The van der Waals surface area contributed by atoms with E-state index in [0.717, 1.165) is 25.9 Å². The predicted molar refractivity (Wildman–Crippen MR) is 68.9 cm³/mol. The van der Waals surface area contributed by atoms with Crippen LogP contribution in [-0.2, 0) is 11.2 Å². The molecular formula is C14H20N2O. The zero-order chi connectivity index (χ0) is 12.1. The summed E-state index contributed by atoms with van der Waals surface area (Å²) in [5.41, 5.74) is 2.49. The van der Waals surface area contributed by atoms with Crippen molar-refractivity contribution in [1.29, 1.82) is 0 Å². The number of carbonyl (C=O) groups is 1. The van der Waals surface area contributed by atoms with Crippen LogP contribution in [0, 0.1) is 6.92 Å². The van der Waals surface area contributed by atoms with Crippen molar-refractivity contribution in [2.45, 2.75) is 32.2 Å². The highest BCUT2D eigenvalue weighted by atomic mass is 16.1. The number of hydrogen-bond donors (Lipinski definition) is 2. The molecule has 1 aliphatic rings. The summed E-state index contributed by atoms with van der Waals surface area (Å²) in [6.07, 6.45) is 2.46. The highest BCUT2D eigenvalue weighted by Gasteiger charge is 2.16. The summed E-state index contributed by atoms with van der Waals surface area (Å²) < 4.78 is 0. The minimum absolute atomic E-state index is 0.166. The average Bonchev–Trinajstić information content (AvgIpc) is 2.81. The minimum Gasteiger partial charge on any atom is -0.352 e. The summed E-state index contributed by atoms with van der Waals surface area (Å²) in [5, 5.41) is 6.30. The number of carbonyl (C=O) groups excluding carboxylic acids is 1. The molecular weight excluding hydrogens is 212 g/mol. The van der Waals surface area contributed by atoms with Crippen LogP contribution in [0.3, 0.4) is 0 Å². The van der Waals surface area contributed by atoms with Crippen molar-refractivity contribution in [3.63, 3.8) is 0 Å². The fraction of sp³-hybridized carbons (Fsp3) is 0.500. The second-order valence-electron chi connectivity index (χ2n) is 4.74. The van der Waals surface area contributed by atoms with Crippen LogP contribution in [-0.4, -0.2) is 25.0 Å². The van der Waals surface area contributed by atoms with E-state index in [4.69, 9.17) is 0 Å². The van der Waals surface area contributed by atoms with Crippen LogP contribution in [0.5, 0.6) is 0 Å².